The van der Waals surface area contributed by atoms with Gasteiger partial charge in [0, 0.05) is 45.0 Å². The van der Waals surface area contributed by atoms with Crippen molar-refractivity contribution < 1.29 is 14.3 Å². The summed E-state index contributed by atoms with van der Waals surface area (Å²) in [6.45, 7) is 13.7. The largest absolute Gasteiger partial charge is 0.463 e. The predicted molar refractivity (Wildman–Crippen MR) is 115 cm³/mol. The molecule has 8 heteroatoms. The van der Waals surface area contributed by atoms with Crippen LogP contribution in [0, 0.1) is 0 Å². The van der Waals surface area contributed by atoms with Crippen LogP contribution in [0.15, 0.2) is 40.8 Å². The molecular formula is C21H30N4O3S. The molecule has 0 bridgehead atoms. The minimum absolute atomic E-state index is 0.212. The van der Waals surface area contributed by atoms with Gasteiger partial charge < -0.3 is 15.0 Å². The second-order valence-corrected chi connectivity index (χ2v) is 7.91. The minimum atomic E-state index is -0.499. The summed E-state index contributed by atoms with van der Waals surface area (Å²) < 4.78 is 5.40. The highest BCUT2D eigenvalue weighted by molar-refractivity contribution is 7.08. The Balaban J connectivity index is 1.99. The molecule has 3 heterocycles. The van der Waals surface area contributed by atoms with Crippen molar-refractivity contribution in [1.82, 2.24) is 20.0 Å². The number of nitrogens with zero attached hydrogens (tertiary/aromatic N) is 3. The van der Waals surface area contributed by atoms with E-state index in [4.69, 9.17) is 4.74 Å². The van der Waals surface area contributed by atoms with E-state index in [0.717, 1.165) is 38.3 Å². The van der Waals surface area contributed by atoms with E-state index in [1.54, 1.807) is 29.2 Å². The molecule has 3 rings (SSSR count). The lowest BCUT2D eigenvalue weighted by Gasteiger charge is -2.40. The minimum Gasteiger partial charge on any atom is -0.463 e. The van der Waals surface area contributed by atoms with Gasteiger partial charge >= 0.3 is 12.0 Å². The van der Waals surface area contributed by atoms with Crippen LogP contribution < -0.4 is 5.32 Å². The van der Waals surface area contributed by atoms with Crippen molar-refractivity contribution in [3.8, 4) is 0 Å². The Hall–Kier alpha value is -2.16. The molecule has 0 aromatic carbocycles. The topological polar surface area (TPSA) is 65.1 Å². The van der Waals surface area contributed by atoms with Crippen LogP contribution >= 0.6 is 11.3 Å². The molecule has 0 radical (unpaired) electrons. The van der Waals surface area contributed by atoms with Gasteiger partial charge in [-0.2, -0.15) is 11.3 Å². The fraction of sp³-hybridized carbons (Fsp3) is 0.524. The second-order valence-electron chi connectivity index (χ2n) is 7.13. The third-order valence-electron chi connectivity index (χ3n) is 5.41. The summed E-state index contributed by atoms with van der Waals surface area (Å²) in [4.78, 5) is 32.3. The van der Waals surface area contributed by atoms with E-state index in [-0.39, 0.29) is 18.6 Å². The highest BCUT2D eigenvalue weighted by Crippen LogP contribution is 2.33. The lowest BCUT2D eigenvalue weighted by Crippen LogP contribution is -2.53. The molecule has 1 saturated heterocycles. The number of hydrogen-bond acceptors (Lipinski definition) is 6. The maximum atomic E-state index is 13.0. The number of urea groups is 1. The van der Waals surface area contributed by atoms with E-state index >= 15 is 0 Å². The summed E-state index contributed by atoms with van der Waals surface area (Å²) in [5.74, 6) is -0.375. The number of hydrogen-bond donors (Lipinski definition) is 1. The molecule has 0 aliphatic carbocycles. The van der Waals surface area contributed by atoms with Gasteiger partial charge in [-0.05, 0) is 35.9 Å². The number of amides is 2. The number of carbonyl (C=O) groups excluding carboxylic acids is 2. The number of thiophene rings is 1. The quantitative estimate of drug-likeness (QED) is 0.519. The Morgan fingerprint density at radius 1 is 1.31 bits per heavy atom. The molecular weight excluding hydrogens is 388 g/mol. The van der Waals surface area contributed by atoms with Gasteiger partial charge in [-0.3, -0.25) is 9.80 Å². The van der Waals surface area contributed by atoms with Crippen molar-refractivity contribution in [3.63, 3.8) is 0 Å². The number of esters is 1. The number of piperazine rings is 1. The molecule has 0 spiro atoms. The van der Waals surface area contributed by atoms with Crippen LogP contribution in [0.1, 0.15) is 25.5 Å². The van der Waals surface area contributed by atoms with Gasteiger partial charge in [-0.15, -0.1) is 6.58 Å². The van der Waals surface area contributed by atoms with Gasteiger partial charge in [-0.1, -0.05) is 13.0 Å². The summed E-state index contributed by atoms with van der Waals surface area (Å²) in [6.07, 6.45) is 1.68. The molecule has 0 saturated carbocycles. The van der Waals surface area contributed by atoms with Crippen molar-refractivity contribution in [3.05, 3.63) is 46.3 Å². The van der Waals surface area contributed by atoms with Crippen molar-refractivity contribution in [2.24, 2.45) is 0 Å². The van der Waals surface area contributed by atoms with Gasteiger partial charge in [0.05, 0.1) is 18.2 Å². The monoisotopic (exact) mass is 418 g/mol. The average Bonchev–Trinajstić information content (AvgIpc) is 3.26. The SMILES string of the molecule is C=CCN1C(=O)N[C@@H](c2ccsc2)C(C(=O)OCC)=C1CN1CCN(CC)CC1. The number of nitrogens with one attached hydrogen (secondary N) is 1. The average molecular weight is 419 g/mol. The summed E-state index contributed by atoms with van der Waals surface area (Å²) >= 11 is 1.54. The van der Waals surface area contributed by atoms with Crippen molar-refractivity contribution in [1.29, 1.82) is 0 Å². The first kappa shape index (κ1) is 21.5. The fourth-order valence-electron chi connectivity index (χ4n) is 3.81. The maximum absolute atomic E-state index is 13.0. The molecule has 7 nitrogen and oxygen atoms in total. The van der Waals surface area contributed by atoms with Gasteiger partial charge in [-0.25, -0.2) is 9.59 Å². The molecule has 2 aliphatic heterocycles. The van der Waals surface area contributed by atoms with E-state index in [1.165, 1.54) is 0 Å². The third kappa shape index (κ3) is 4.88. The van der Waals surface area contributed by atoms with Gasteiger partial charge in [0.25, 0.3) is 0 Å². The first-order valence-electron chi connectivity index (χ1n) is 10.1. The van der Waals surface area contributed by atoms with Crippen LogP contribution in [-0.4, -0.2) is 79.1 Å². The van der Waals surface area contributed by atoms with Crippen LogP contribution in [0.2, 0.25) is 0 Å². The summed E-state index contributed by atoms with van der Waals surface area (Å²) in [5.41, 5.74) is 2.14. The van der Waals surface area contributed by atoms with E-state index in [2.05, 4.69) is 28.6 Å². The molecule has 1 atom stereocenters. The lowest BCUT2D eigenvalue weighted by atomic mass is 9.96. The zero-order chi connectivity index (χ0) is 20.8. The smallest absolute Gasteiger partial charge is 0.338 e. The molecule has 29 heavy (non-hydrogen) atoms. The Morgan fingerprint density at radius 2 is 2.03 bits per heavy atom. The summed E-state index contributed by atoms with van der Waals surface area (Å²) in [7, 11) is 0. The summed E-state index contributed by atoms with van der Waals surface area (Å²) in [6, 6.07) is 1.23. The van der Waals surface area contributed by atoms with Gasteiger partial charge in [0.15, 0.2) is 0 Å². The van der Waals surface area contributed by atoms with Crippen LogP contribution in [0.4, 0.5) is 4.79 Å². The van der Waals surface area contributed by atoms with Crippen LogP contribution in [-0.2, 0) is 9.53 Å². The normalized spacial score (nSPS) is 21.2. The zero-order valence-electron chi connectivity index (χ0n) is 17.2. The fourth-order valence-corrected chi connectivity index (χ4v) is 4.50. The summed E-state index contributed by atoms with van der Waals surface area (Å²) in [5, 5.41) is 6.90. The van der Waals surface area contributed by atoms with Crippen LogP contribution in [0.25, 0.3) is 0 Å². The Labute approximate surface area is 176 Å². The number of ether oxygens (including phenoxy) is 1. The molecule has 2 amide bonds. The zero-order valence-corrected chi connectivity index (χ0v) is 18.0. The van der Waals surface area contributed by atoms with E-state index < -0.39 is 6.04 Å². The molecule has 1 aromatic heterocycles. The highest BCUT2D eigenvalue weighted by Gasteiger charge is 2.38. The molecule has 2 aliphatic rings. The number of carbonyl (C=O) groups is 2. The maximum Gasteiger partial charge on any atom is 0.338 e. The van der Waals surface area contributed by atoms with E-state index in [1.807, 2.05) is 16.8 Å². The predicted octanol–water partition coefficient (Wildman–Crippen LogP) is 2.46. The molecule has 1 N–H and O–H groups in total. The lowest BCUT2D eigenvalue weighted by molar-refractivity contribution is -0.139. The standard InChI is InChI=1S/C21H30N4O3S/c1-4-8-25-17(14-24-11-9-23(5-2)10-12-24)18(20(26)28-6-3)19(22-21(25)27)16-7-13-29-15-16/h4,7,13,15,19H,1,5-6,8-12,14H2,2-3H3,(H,22,27)/t19-/m0/s1. The van der Waals surface area contributed by atoms with Crippen LogP contribution in [0.3, 0.4) is 0 Å². The van der Waals surface area contributed by atoms with E-state index in [9.17, 15) is 9.59 Å². The first-order valence-corrected chi connectivity index (χ1v) is 11.1. The third-order valence-corrected chi connectivity index (χ3v) is 6.11. The Bertz CT molecular complexity index is 754. The highest BCUT2D eigenvalue weighted by atomic mass is 32.1. The van der Waals surface area contributed by atoms with Gasteiger partial charge in [0.1, 0.15) is 0 Å². The Morgan fingerprint density at radius 3 is 2.62 bits per heavy atom. The molecule has 1 aromatic rings. The number of likely N-dealkylation sites (N-methyl/N-ethyl adjacent to an activating group) is 1. The van der Waals surface area contributed by atoms with Crippen molar-refractivity contribution in [2.75, 3.05) is 52.4 Å². The number of rotatable bonds is 8. The molecule has 158 valence electrons. The van der Waals surface area contributed by atoms with E-state index in [0.29, 0.717) is 24.4 Å². The Kier molecular flexibility index (Phi) is 7.46. The first-order chi connectivity index (χ1) is 14.1. The molecule has 0 unspecified atom stereocenters. The van der Waals surface area contributed by atoms with Gasteiger partial charge in [0.2, 0.25) is 0 Å². The second kappa shape index (κ2) is 10.0. The van der Waals surface area contributed by atoms with Crippen LogP contribution in [0.5, 0.6) is 0 Å². The molecule has 1 fully saturated rings. The van der Waals surface area contributed by atoms with Crippen molar-refractivity contribution in [2.45, 2.75) is 19.9 Å². The van der Waals surface area contributed by atoms with Crippen molar-refractivity contribution >= 4 is 23.3 Å².